The maximum absolute atomic E-state index is 8.99. The third-order valence-electron chi connectivity index (χ3n) is 1.53. The molecular formula is C7H15O3. The summed E-state index contributed by atoms with van der Waals surface area (Å²) in [6.07, 6.45) is 1.49. The fourth-order valence-electron chi connectivity index (χ4n) is 0.710. The molecule has 0 bridgehead atoms. The smallest absolute Gasteiger partial charge is 0.192 e. The first-order valence-corrected chi connectivity index (χ1v) is 3.43. The molecule has 3 heteroatoms. The van der Waals surface area contributed by atoms with E-state index in [9.17, 15) is 0 Å². The quantitative estimate of drug-likeness (QED) is 0.492. The number of rotatable bonds is 4. The molecular weight excluding hydrogens is 132 g/mol. The summed E-state index contributed by atoms with van der Waals surface area (Å²) in [7, 11) is 0. The molecule has 0 aliphatic carbocycles. The highest BCUT2D eigenvalue weighted by Crippen LogP contribution is 2.20. The molecule has 3 N–H and O–H groups in total. The average Bonchev–Trinajstić information content (AvgIpc) is 1.89. The van der Waals surface area contributed by atoms with E-state index in [0.717, 1.165) is 6.42 Å². The maximum Gasteiger partial charge on any atom is 0.192 e. The first-order chi connectivity index (χ1) is 4.54. The van der Waals surface area contributed by atoms with Crippen LogP contribution in [-0.2, 0) is 0 Å². The molecule has 0 aromatic carbocycles. The second-order valence-corrected chi connectivity index (χ2v) is 2.51. The van der Waals surface area contributed by atoms with E-state index in [1.165, 1.54) is 0 Å². The predicted octanol–water partition coefficient (Wildman–Crippen LogP) is 0.0541. The molecule has 1 radical (unpaired) electrons. The summed E-state index contributed by atoms with van der Waals surface area (Å²) in [5.41, 5.74) is 0. The van der Waals surface area contributed by atoms with Gasteiger partial charge in [0.2, 0.25) is 0 Å². The maximum atomic E-state index is 8.99. The second-order valence-electron chi connectivity index (χ2n) is 2.51. The minimum atomic E-state index is -1.98. The van der Waals surface area contributed by atoms with Crippen LogP contribution in [0.25, 0.3) is 0 Å². The van der Waals surface area contributed by atoms with Crippen LogP contribution < -0.4 is 0 Å². The SMILES string of the molecule is CCC[C](C)C(O)(O)CO. The van der Waals surface area contributed by atoms with Gasteiger partial charge in [-0.1, -0.05) is 20.3 Å². The highest BCUT2D eigenvalue weighted by molar-refractivity contribution is 4.97. The van der Waals surface area contributed by atoms with E-state index < -0.39 is 12.4 Å². The molecule has 0 aromatic rings. The largest absolute Gasteiger partial charge is 0.391 e. The van der Waals surface area contributed by atoms with Crippen molar-refractivity contribution in [3.63, 3.8) is 0 Å². The van der Waals surface area contributed by atoms with Gasteiger partial charge in [0.25, 0.3) is 0 Å². The Kier molecular flexibility index (Phi) is 3.86. The Labute approximate surface area is 61.3 Å². The third-order valence-corrected chi connectivity index (χ3v) is 1.53. The van der Waals surface area contributed by atoms with Crippen molar-refractivity contribution < 1.29 is 15.3 Å². The van der Waals surface area contributed by atoms with Crippen LogP contribution >= 0.6 is 0 Å². The Balaban J connectivity index is 3.78. The summed E-state index contributed by atoms with van der Waals surface area (Å²) in [4.78, 5) is 0. The lowest BCUT2D eigenvalue weighted by Crippen LogP contribution is -2.38. The number of aliphatic hydroxyl groups excluding tert-OH is 1. The third kappa shape index (κ3) is 2.64. The first kappa shape index (κ1) is 9.88. The van der Waals surface area contributed by atoms with E-state index in [1.54, 1.807) is 6.92 Å². The second kappa shape index (κ2) is 3.91. The standard InChI is InChI=1S/C7H15O3/c1-3-4-6(2)7(9,10)5-8/h8-10H,3-5H2,1-2H3. The van der Waals surface area contributed by atoms with Crippen molar-refractivity contribution in [2.24, 2.45) is 0 Å². The number of aliphatic hydroxyl groups is 3. The van der Waals surface area contributed by atoms with Crippen LogP contribution in [0.1, 0.15) is 26.7 Å². The summed E-state index contributed by atoms with van der Waals surface area (Å²) in [6, 6.07) is 0. The van der Waals surface area contributed by atoms with Crippen molar-refractivity contribution in [1.82, 2.24) is 0 Å². The van der Waals surface area contributed by atoms with E-state index in [0.29, 0.717) is 12.3 Å². The summed E-state index contributed by atoms with van der Waals surface area (Å²) in [6.45, 7) is 2.94. The Hall–Kier alpha value is -0.120. The molecule has 0 unspecified atom stereocenters. The van der Waals surface area contributed by atoms with Gasteiger partial charge in [-0.15, -0.1) is 0 Å². The van der Waals surface area contributed by atoms with Crippen molar-refractivity contribution >= 4 is 0 Å². The van der Waals surface area contributed by atoms with Crippen LogP contribution in [0.4, 0.5) is 0 Å². The van der Waals surface area contributed by atoms with Crippen molar-refractivity contribution in [3.8, 4) is 0 Å². The van der Waals surface area contributed by atoms with Gasteiger partial charge in [-0.05, 0) is 6.42 Å². The van der Waals surface area contributed by atoms with Crippen LogP contribution in [0, 0.1) is 5.92 Å². The highest BCUT2D eigenvalue weighted by Gasteiger charge is 2.29. The lowest BCUT2D eigenvalue weighted by molar-refractivity contribution is -0.174. The molecule has 0 heterocycles. The van der Waals surface area contributed by atoms with Crippen LogP contribution in [0.2, 0.25) is 0 Å². The van der Waals surface area contributed by atoms with Gasteiger partial charge in [0, 0.05) is 5.92 Å². The van der Waals surface area contributed by atoms with Gasteiger partial charge in [0.05, 0.1) is 6.61 Å². The van der Waals surface area contributed by atoms with Crippen molar-refractivity contribution in [1.29, 1.82) is 0 Å². The fourth-order valence-corrected chi connectivity index (χ4v) is 0.710. The van der Waals surface area contributed by atoms with Crippen LogP contribution in [0.5, 0.6) is 0 Å². The zero-order valence-electron chi connectivity index (χ0n) is 6.46. The molecule has 0 atom stereocenters. The molecule has 0 saturated heterocycles. The normalized spacial score (nSPS) is 12.6. The molecule has 61 valence electrons. The Bertz CT molecular complexity index is 90.9. The van der Waals surface area contributed by atoms with E-state index >= 15 is 0 Å². The van der Waals surface area contributed by atoms with Gasteiger partial charge in [-0.3, -0.25) is 0 Å². The van der Waals surface area contributed by atoms with Gasteiger partial charge >= 0.3 is 0 Å². The molecule has 3 nitrogen and oxygen atoms in total. The Morgan fingerprint density at radius 3 is 2.20 bits per heavy atom. The van der Waals surface area contributed by atoms with E-state index in [-0.39, 0.29) is 0 Å². The molecule has 0 fully saturated rings. The lowest BCUT2D eigenvalue weighted by Gasteiger charge is -2.25. The van der Waals surface area contributed by atoms with Gasteiger partial charge in [0.1, 0.15) is 0 Å². The number of hydrogen-bond donors (Lipinski definition) is 3. The van der Waals surface area contributed by atoms with Crippen molar-refractivity contribution in [3.05, 3.63) is 5.92 Å². The lowest BCUT2D eigenvalue weighted by atomic mass is 9.97. The molecule has 0 aliphatic rings. The van der Waals surface area contributed by atoms with E-state index in [1.807, 2.05) is 6.92 Å². The number of hydrogen-bond acceptors (Lipinski definition) is 3. The first-order valence-electron chi connectivity index (χ1n) is 3.43. The van der Waals surface area contributed by atoms with Crippen molar-refractivity contribution in [2.45, 2.75) is 32.5 Å². The van der Waals surface area contributed by atoms with Crippen LogP contribution in [-0.4, -0.2) is 27.7 Å². The topological polar surface area (TPSA) is 60.7 Å². The summed E-state index contributed by atoms with van der Waals surface area (Å²) < 4.78 is 0. The van der Waals surface area contributed by atoms with Gasteiger partial charge in [-0.2, -0.15) is 0 Å². The monoisotopic (exact) mass is 147 g/mol. The minimum Gasteiger partial charge on any atom is -0.391 e. The summed E-state index contributed by atoms with van der Waals surface area (Å²) >= 11 is 0. The van der Waals surface area contributed by atoms with Crippen molar-refractivity contribution in [2.75, 3.05) is 6.61 Å². The predicted molar refractivity (Wildman–Crippen MR) is 38.1 cm³/mol. The molecule has 0 amide bonds. The summed E-state index contributed by atoms with van der Waals surface area (Å²) in [5.74, 6) is -1.46. The van der Waals surface area contributed by atoms with Gasteiger partial charge in [-0.25, -0.2) is 0 Å². The zero-order chi connectivity index (χ0) is 8.20. The summed E-state index contributed by atoms with van der Waals surface area (Å²) in [5, 5.41) is 26.5. The minimum absolute atomic E-state index is 0.512. The Morgan fingerprint density at radius 2 is 1.90 bits per heavy atom. The van der Waals surface area contributed by atoms with Crippen LogP contribution in [0.3, 0.4) is 0 Å². The average molecular weight is 147 g/mol. The van der Waals surface area contributed by atoms with Gasteiger partial charge in [0.15, 0.2) is 5.79 Å². The molecule has 0 saturated carbocycles. The fraction of sp³-hybridized carbons (Fsp3) is 0.857. The van der Waals surface area contributed by atoms with Gasteiger partial charge < -0.3 is 15.3 Å². The molecule has 0 spiro atoms. The van der Waals surface area contributed by atoms with Crippen LogP contribution in [0.15, 0.2) is 0 Å². The molecule has 0 aromatic heterocycles. The zero-order valence-corrected chi connectivity index (χ0v) is 6.46. The Morgan fingerprint density at radius 1 is 1.40 bits per heavy atom. The highest BCUT2D eigenvalue weighted by atomic mass is 16.5. The van der Waals surface area contributed by atoms with E-state index in [4.69, 9.17) is 15.3 Å². The molecule has 0 rings (SSSR count). The molecule has 0 aliphatic heterocycles. The molecule has 10 heavy (non-hydrogen) atoms. The van der Waals surface area contributed by atoms with E-state index in [2.05, 4.69) is 0 Å².